The van der Waals surface area contributed by atoms with Gasteiger partial charge in [-0.05, 0) is 28.8 Å². The number of H-pyrrole nitrogens is 1. The van der Waals surface area contributed by atoms with E-state index in [1.54, 1.807) is 18.5 Å². The Morgan fingerprint density at radius 3 is 2.46 bits per heavy atom. The standard InChI is InChI=1S/C18H15ClFN3O/c19-16-6-5-13(7-17(16)20)15(8-18(21)24)12-3-1-11(2-4-12)14-9-22-23-10-14/h1-7,9-10,15H,8H2,(H2,21,24)(H,22,23). The molecule has 1 atom stereocenters. The molecule has 3 aromatic rings. The largest absolute Gasteiger partial charge is 0.370 e. The molecular formula is C18H15ClFN3O. The molecule has 3 N–H and O–H groups in total. The third-order valence-electron chi connectivity index (χ3n) is 3.90. The van der Waals surface area contributed by atoms with E-state index in [0.29, 0.717) is 5.56 Å². The second-order valence-electron chi connectivity index (χ2n) is 5.51. The molecular weight excluding hydrogens is 329 g/mol. The predicted molar refractivity (Wildman–Crippen MR) is 91.1 cm³/mol. The van der Waals surface area contributed by atoms with Crippen LogP contribution in [0.3, 0.4) is 0 Å². The van der Waals surface area contributed by atoms with Crippen LogP contribution in [0.25, 0.3) is 11.1 Å². The predicted octanol–water partition coefficient (Wildman–Crippen LogP) is 3.88. The Bertz CT molecular complexity index is 847. The fourth-order valence-corrected chi connectivity index (χ4v) is 2.79. The molecule has 1 aromatic heterocycles. The van der Waals surface area contributed by atoms with E-state index in [1.807, 2.05) is 24.3 Å². The SMILES string of the molecule is NC(=O)CC(c1ccc(-c2cn[nH]c2)cc1)c1ccc(Cl)c(F)c1. The summed E-state index contributed by atoms with van der Waals surface area (Å²) >= 11 is 5.74. The molecule has 3 rings (SSSR count). The van der Waals surface area contributed by atoms with Crippen LogP contribution in [0.1, 0.15) is 23.5 Å². The van der Waals surface area contributed by atoms with Crippen LogP contribution in [0.4, 0.5) is 4.39 Å². The number of halogens is 2. The average molecular weight is 344 g/mol. The highest BCUT2D eigenvalue weighted by molar-refractivity contribution is 6.30. The highest BCUT2D eigenvalue weighted by Crippen LogP contribution is 2.31. The monoisotopic (exact) mass is 343 g/mol. The summed E-state index contributed by atoms with van der Waals surface area (Å²) in [5, 5.41) is 6.73. The second kappa shape index (κ2) is 6.84. The third kappa shape index (κ3) is 3.46. The van der Waals surface area contributed by atoms with Crippen LogP contribution in [-0.2, 0) is 4.79 Å². The van der Waals surface area contributed by atoms with Crippen LogP contribution < -0.4 is 5.73 Å². The van der Waals surface area contributed by atoms with Gasteiger partial charge < -0.3 is 5.73 Å². The molecule has 0 bridgehead atoms. The van der Waals surface area contributed by atoms with E-state index in [9.17, 15) is 9.18 Å². The molecule has 2 aromatic carbocycles. The van der Waals surface area contributed by atoms with Crippen LogP contribution in [0, 0.1) is 5.82 Å². The van der Waals surface area contributed by atoms with Crippen molar-refractivity contribution in [2.24, 2.45) is 5.73 Å². The van der Waals surface area contributed by atoms with E-state index in [1.165, 1.54) is 12.1 Å². The maximum Gasteiger partial charge on any atom is 0.218 e. The first kappa shape index (κ1) is 16.2. The van der Waals surface area contributed by atoms with Gasteiger partial charge in [0.2, 0.25) is 5.91 Å². The number of carbonyl (C=O) groups excluding carboxylic acids is 1. The van der Waals surface area contributed by atoms with Gasteiger partial charge in [0.25, 0.3) is 0 Å². The van der Waals surface area contributed by atoms with E-state index < -0.39 is 11.7 Å². The molecule has 0 aliphatic rings. The second-order valence-corrected chi connectivity index (χ2v) is 5.91. The zero-order valence-corrected chi connectivity index (χ0v) is 13.4. The zero-order valence-electron chi connectivity index (χ0n) is 12.7. The molecule has 0 radical (unpaired) electrons. The molecule has 0 saturated heterocycles. The van der Waals surface area contributed by atoms with Crippen molar-refractivity contribution in [3.05, 3.63) is 76.8 Å². The van der Waals surface area contributed by atoms with E-state index in [2.05, 4.69) is 10.2 Å². The molecule has 122 valence electrons. The summed E-state index contributed by atoms with van der Waals surface area (Å²) in [6.45, 7) is 0. The summed E-state index contributed by atoms with van der Waals surface area (Å²) in [5.41, 5.74) is 8.87. The van der Waals surface area contributed by atoms with Crippen molar-refractivity contribution in [3.63, 3.8) is 0 Å². The first-order chi connectivity index (χ1) is 11.5. The maximum atomic E-state index is 13.8. The Morgan fingerprint density at radius 2 is 1.88 bits per heavy atom. The van der Waals surface area contributed by atoms with Gasteiger partial charge in [-0.2, -0.15) is 5.10 Å². The molecule has 0 spiro atoms. The number of nitrogens with zero attached hydrogens (tertiary/aromatic N) is 1. The summed E-state index contributed by atoms with van der Waals surface area (Å²) in [7, 11) is 0. The minimum atomic E-state index is -0.515. The smallest absolute Gasteiger partial charge is 0.218 e. The quantitative estimate of drug-likeness (QED) is 0.738. The summed E-state index contributed by atoms with van der Waals surface area (Å²) in [5.74, 6) is -1.29. The lowest BCUT2D eigenvalue weighted by Crippen LogP contribution is -2.16. The highest BCUT2D eigenvalue weighted by atomic mass is 35.5. The number of nitrogens with two attached hydrogens (primary N) is 1. The van der Waals surface area contributed by atoms with Gasteiger partial charge in [0.05, 0.1) is 11.2 Å². The number of nitrogens with one attached hydrogen (secondary N) is 1. The van der Waals surface area contributed by atoms with Crippen molar-refractivity contribution in [2.45, 2.75) is 12.3 Å². The molecule has 1 heterocycles. The van der Waals surface area contributed by atoms with Crippen LogP contribution in [0.2, 0.25) is 5.02 Å². The van der Waals surface area contributed by atoms with Crippen LogP contribution in [0.5, 0.6) is 0 Å². The lowest BCUT2D eigenvalue weighted by molar-refractivity contribution is -0.118. The lowest BCUT2D eigenvalue weighted by Gasteiger charge is -2.17. The minimum absolute atomic E-state index is 0.0480. The number of aromatic amines is 1. The number of hydrogen-bond acceptors (Lipinski definition) is 2. The maximum absolute atomic E-state index is 13.8. The van der Waals surface area contributed by atoms with Gasteiger partial charge in [-0.25, -0.2) is 4.39 Å². The third-order valence-corrected chi connectivity index (χ3v) is 4.20. The molecule has 0 aliphatic carbocycles. The van der Waals surface area contributed by atoms with E-state index in [4.69, 9.17) is 17.3 Å². The van der Waals surface area contributed by atoms with E-state index >= 15 is 0 Å². The Hall–Kier alpha value is -2.66. The molecule has 0 aliphatic heterocycles. The summed E-state index contributed by atoms with van der Waals surface area (Å²) in [6, 6.07) is 12.2. The summed E-state index contributed by atoms with van der Waals surface area (Å²) < 4.78 is 13.8. The molecule has 0 saturated carbocycles. The molecule has 1 amide bonds. The Labute approximate surface area is 143 Å². The number of rotatable bonds is 5. The Morgan fingerprint density at radius 1 is 1.17 bits per heavy atom. The van der Waals surface area contributed by atoms with E-state index in [0.717, 1.165) is 16.7 Å². The molecule has 4 nitrogen and oxygen atoms in total. The fourth-order valence-electron chi connectivity index (χ4n) is 2.68. The first-order valence-corrected chi connectivity index (χ1v) is 7.75. The highest BCUT2D eigenvalue weighted by Gasteiger charge is 2.18. The van der Waals surface area contributed by atoms with Crippen molar-refractivity contribution in [1.82, 2.24) is 10.2 Å². The lowest BCUT2D eigenvalue weighted by atomic mass is 9.87. The minimum Gasteiger partial charge on any atom is -0.370 e. The first-order valence-electron chi connectivity index (χ1n) is 7.37. The normalized spacial score (nSPS) is 12.1. The van der Waals surface area contributed by atoms with Crippen molar-refractivity contribution in [1.29, 1.82) is 0 Å². The van der Waals surface area contributed by atoms with E-state index in [-0.39, 0.29) is 17.4 Å². The van der Waals surface area contributed by atoms with Crippen LogP contribution in [0.15, 0.2) is 54.9 Å². The van der Waals surface area contributed by atoms with Crippen molar-refractivity contribution in [2.75, 3.05) is 0 Å². The Kier molecular flexibility index (Phi) is 4.62. The van der Waals surface area contributed by atoms with Gasteiger partial charge in [0.15, 0.2) is 0 Å². The van der Waals surface area contributed by atoms with Crippen LogP contribution >= 0.6 is 11.6 Å². The topological polar surface area (TPSA) is 71.8 Å². The molecule has 24 heavy (non-hydrogen) atoms. The Balaban J connectivity index is 1.96. The number of primary amides is 1. The van der Waals surface area contributed by atoms with Crippen molar-refractivity contribution < 1.29 is 9.18 Å². The molecule has 1 unspecified atom stereocenters. The van der Waals surface area contributed by atoms with Gasteiger partial charge in [-0.1, -0.05) is 41.9 Å². The summed E-state index contributed by atoms with van der Waals surface area (Å²) in [4.78, 5) is 11.5. The van der Waals surface area contributed by atoms with Crippen molar-refractivity contribution >= 4 is 17.5 Å². The van der Waals surface area contributed by atoms with Gasteiger partial charge in [0, 0.05) is 24.1 Å². The average Bonchev–Trinajstić information content (AvgIpc) is 3.10. The number of amides is 1. The fraction of sp³-hybridized carbons (Fsp3) is 0.111. The van der Waals surface area contributed by atoms with Gasteiger partial charge >= 0.3 is 0 Å². The van der Waals surface area contributed by atoms with Crippen molar-refractivity contribution in [3.8, 4) is 11.1 Å². The number of hydrogen-bond donors (Lipinski definition) is 2. The molecule has 6 heteroatoms. The summed E-state index contributed by atoms with van der Waals surface area (Å²) in [6.07, 6.45) is 3.61. The van der Waals surface area contributed by atoms with Crippen LogP contribution in [-0.4, -0.2) is 16.1 Å². The van der Waals surface area contributed by atoms with Gasteiger partial charge in [-0.15, -0.1) is 0 Å². The number of carbonyl (C=O) groups is 1. The number of benzene rings is 2. The zero-order chi connectivity index (χ0) is 17.1. The molecule has 0 fully saturated rings. The number of aromatic nitrogens is 2. The van der Waals surface area contributed by atoms with Gasteiger partial charge in [0.1, 0.15) is 5.82 Å². The van der Waals surface area contributed by atoms with Gasteiger partial charge in [-0.3, -0.25) is 9.89 Å².